The van der Waals surface area contributed by atoms with Gasteiger partial charge in [0, 0.05) is 27.6 Å². The second kappa shape index (κ2) is 15.7. The van der Waals surface area contributed by atoms with Crippen LogP contribution in [0.1, 0.15) is 0 Å². The van der Waals surface area contributed by atoms with Gasteiger partial charge in [0.1, 0.15) is 37.5 Å². The zero-order valence-corrected chi connectivity index (χ0v) is 34.5. The molecule has 0 saturated carbocycles. The molecule has 7 aromatic rings. The zero-order valence-electron chi connectivity index (χ0n) is 30.5. The average molecular weight is 942 g/mol. The first-order valence-electron chi connectivity index (χ1n) is 16.8. The fourth-order valence-electron chi connectivity index (χ4n) is 6.09. The van der Waals surface area contributed by atoms with Gasteiger partial charge in [0.15, 0.2) is 5.75 Å². The van der Waals surface area contributed by atoms with Crippen molar-refractivity contribution in [1.29, 1.82) is 0 Å². The summed E-state index contributed by atoms with van der Waals surface area (Å²) in [6, 6.07) is 19.1. The van der Waals surface area contributed by atoms with Gasteiger partial charge in [0.2, 0.25) is 0 Å². The van der Waals surface area contributed by atoms with Gasteiger partial charge < -0.3 is 15.9 Å². The van der Waals surface area contributed by atoms with E-state index >= 15 is 0 Å². The fraction of sp³-hybridized carbons (Fsp3) is 0. The summed E-state index contributed by atoms with van der Waals surface area (Å²) < 4.78 is 135. The van der Waals surface area contributed by atoms with E-state index in [9.17, 15) is 62.1 Å². The maximum atomic E-state index is 12.4. The number of phenols is 2. The molecule has 21 nitrogen and oxygen atoms in total. The standard InChI is InChI=1S/C36H24ClN7O14S4/c37-25-15-30(43-39-19-4-6-21-17(10-19)2-1-3-32(21)60(50,51)52)31(45)16-29(25)42-40-27-8-9-28(24-13-20(59(47,48)49)5-7-22(24)27)41-44-35-34(62(56,57)58)12-18-11-33(61(53,54)55)26(38)14-23(18)36(35)46/h1-16,45-46H,38H2,(H,47,48,49)(H,50,51,52)(H,53,54,55)(H,56,57,58)/b42-40+,43-39+,44-41+. The summed E-state index contributed by atoms with van der Waals surface area (Å²) in [5.41, 5.74) is 4.26. The molecule has 0 unspecified atom stereocenters. The SMILES string of the molecule is Nc1cc2c(O)c(/N=N/c3ccc(/N=N/c4cc(O)c(/N=N/c5ccc6c(S(=O)(=O)O)cccc6c5)cc4Cl)c4ccc(S(=O)(=O)O)cc34)c(S(=O)(=O)O)cc2cc1S(=O)(=O)O. The molecular formula is C36H24ClN7O14S4. The Hall–Kier alpha value is -6.55. The number of nitrogens with two attached hydrogens (primary N) is 1. The first-order valence-corrected chi connectivity index (χ1v) is 22.9. The number of rotatable bonds is 10. The normalized spacial score (nSPS) is 13.1. The quantitative estimate of drug-likeness (QED) is 0.0382. The Labute approximate surface area is 354 Å². The Kier molecular flexibility index (Phi) is 11.0. The van der Waals surface area contributed by atoms with Gasteiger partial charge in [0.25, 0.3) is 40.5 Å². The molecule has 62 heavy (non-hydrogen) atoms. The van der Waals surface area contributed by atoms with Crippen LogP contribution in [0.15, 0.2) is 147 Å². The zero-order chi connectivity index (χ0) is 45.1. The molecule has 0 bridgehead atoms. The van der Waals surface area contributed by atoms with Crippen molar-refractivity contribution in [2.45, 2.75) is 19.6 Å². The van der Waals surface area contributed by atoms with Crippen LogP contribution in [0.3, 0.4) is 0 Å². The van der Waals surface area contributed by atoms with E-state index in [1.54, 1.807) is 6.07 Å². The number of azo groups is 3. The van der Waals surface area contributed by atoms with Gasteiger partial charge in [-0.3, -0.25) is 18.2 Å². The molecule has 0 aliphatic heterocycles. The Bertz CT molecular complexity index is 3640. The van der Waals surface area contributed by atoms with Crippen molar-refractivity contribution < 1.29 is 62.1 Å². The third-order valence-corrected chi connectivity index (χ3v) is 12.8. The maximum absolute atomic E-state index is 12.4. The summed E-state index contributed by atoms with van der Waals surface area (Å²) in [7, 11) is -19.4. The van der Waals surface area contributed by atoms with E-state index in [2.05, 4.69) is 30.7 Å². The van der Waals surface area contributed by atoms with Gasteiger partial charge in [0.05, 0.1) is 32.7 Å². The molecule has 0 aromatic heterocycles. The lowest BCUT2D eigenvalue weighted by molar-refractivity contribution is 0.472. The van der Waals surface area contributed by atoms with Gasteiger partial charge in [-0.25, -0.2) is 0 Å². The van der Waals surface area contributed by atoms with Gasteiger partial charge >= 0.3 is 0 Å². The monoisotopic (exact) mass is 941 g/mol. The minimum absolute atomic E-state index is 0.0333. The van der Waals surface area contributed by atoms with Crippen LogP contribution in [0.25, 0.3) is 32.3 Å². The van der Waals surface area contributed by atoms with Crippen molar-refractivity contribution in [3.8, 4) is 11.5 Å². The van der Waals surface area contributed by atoms with Crippen molar-refractivity contribution in [3.63, 3.8) is 0 Å². The number of halogens is 1. The van der Waals surface area contributed by atoms with Crippen molar-refractivity contribution in [3.05, 3.63) is 102 Å². The van der Waals surface area contributed by atoms with E-state index in [-0.39, 0.29) is 65.3 Å². The molecule has 0 heterocycles. The first-order chi connectivity index (χ1) is 28.9. The highest BCUT2D eigenvalue weighted by atomic mass is 35.5. The highest BCUT2D eigenvalue weighted by molar-refractivity contribution is 7.86. The van der Waals surface area contributed by atoms with Crippen LogP contribution in [0.4, 0.5) is 39.8 Å². The second-order valence-electron chi connectivity index (χ2n) is 12.9. The predicted octanol–water partition coefficient (Wildman–Crippen LogP) is 9.03. The van der Waals surface area contributed by atoms with Gasteiger partial charge in [-0.15, -0.1) is 25.6 Å². The molecular weight excluding hydrogens is 918 g/mol. The van der Waals surface area contributed by atoms with Crippen LogP contribution in [0, 0.1) is 0 Å². The summed E-state index contributed by atoms with van der Waals surface area (Å²) in [6.45, 7) is 0. The van der Waals surface area contributed by atoms with E-state index in [0.717, 1.165) is 36.4 Å². The number of nitrogen functional groups attached to an aromatic ring is 1. The van der Waals surface area contributed by atoms with E-state index in [0.29, 0.717) is 5.39 Å². The van der Waals surface area contributed by atoms with Crippen molar-refractivity contribution in [2.75, 3.05) is 5.73 Å². The molecule has 8 N–H and O–H groups in total. The Morgan fingerprint density at radius 1 is 0.468 bits per heavy atom. The van der Waals surface area contributed by atoms with Crippen LogP contribution in [0.5, 0.6) is 11.5 Å². The van der Waals surface area contributed by atoms with Crippen LogP contribution in [0.2, 0.25) is 5.02 Å². The highest BCUT2D eigenvalue weighted by Crippen LogP contribution is 2.45. The molecule has 0 aliphatic rings. The minimum atomic E-state index is -5.22. The molecule has 0 atom stereocenters. The number of hydrogen-bond donors (Lipinski definition) is 7. The van der Waals surface area contributed by atoms with Gasteiger partial charge in [-0.05, 0) is 77.5 Å². The number of anilines is 1. The summed E-state index contributed by atoms with van der Waals surface area (Å²) in [5.74, 6) is -1.39. The summed E-state index contributed by atoms with van der Waals surface area (Å²) >= 11 is 6.44. The van der Waals surface area contributed by atoms with Crippen LogP contribution >= 0.6 is 11.6 Å². The molecule has 0 spiro atoms. The van der Waals surface area contributed by atoms with E-state index in [1.165, 1.54) is 54.6 Å². The number of aromatic hydroxyl groups is 2. The average Bonchev–Trinajstić information content (AvgIpc) is 3.18. The molecule has 0 fully saturated rings. The molecule has 0 amide bonds. The molecule has 318 valence electrons. The smallest absolute Gasteiger partial charge is 0.296 e. The molecule has 0 aliphatic carbocycles. The third kappa shape index (κ3) is 8.77. The first kappa shape index (κ1) is 43.5. The molecule has 0 radical (unpaired) electrons. The lowest BCUT2D eigenvalue weighted by Crippen LogP contribution is -2.04. The fourth-order valence-corrected chi connectivity index (χ4v) is 8.79. The van der Waals surface area contributed by atoms with Crippen LogP contribution < -0.4 is 5.73 Å². The largest absolute Gasteiger partial charge is 0.506 e. The van der Waals surface area contributed by atoms with Crippen molar-refractivity contribution in [2.24, 2.45) is 30.7 Å². The molecule has 26 heteroatoms. The van der Waals surface area contributed by atoms with Gasteiger partial charge in [-0.1, -0.05) is 35.9 Å². The highest BCUT2D eigenvalue weighted by Gasteiger charge is 2.25. The number of hydrogen-bond acceptors (Lipinski definition) is 17. The predicted molar refractivity (Wildman–Crippen MR) is 223 cm³/mol. The summed E-state index contributed by atoms with van der Waals surface area (Å²) in [6.07, 6.45) is 0. The number of benzene rings is 7. The van der Waals surface area contributed by atoms with Gasteiger partial charge in [-0.2, -0.15) is 38.8 Å². The van der Waals surface area contributed by atoms with Crippen molar-refractivity contribution >= 4 is 124 Å². The van der Waals surface area contributed by atoms with E-state index < -0.39 is 78.0 Å². The summed E-state index contributed by atoms with van der Waals surface area (Å²) in [5, 5.41) is 46.0. The Balaban J connectivity index is 1.25. The Morgan fingerprint density at radius 2 is 1.06 bits per heavy atom. The second-order valence-corrected chi connectivity index (χ2v) is 18.9. The van der Waals surface area contributed by atoms with Crippen LogP contribution in [-0.2, 0) is 40.5 Å². The van der Waals surface area contributed by atoms with E-state index in [4.69, 9.17) is 17.3 Å². The van der Waals surface area contributed by atoms with E-state index in [1.807, 2.05) is 0 Å². The maximum Gasteiger partial charge on any atom is 0.296 e. The third-order valence-electron chi connectivity index (χ3n) is 8.92. The number of fused-ring (bicyclic) bond motifs is 3. The lowest BCUT2D eigenvalue weighted by atomic mass is 10.1. The topological polar surface area (TPSA) is 358 Å². The molecule has 7 aromatic carbocycles. The van der Waals surface area contributed by atoms with Crippen LogP contribution in [-0.4, -0.2) is 62.1 Å². The summed E-state index contributed by atoms with van der Waals surface area (Å²) in [4.78, 5) is -2.78. The minimum Gasteiger partial charge on any atom is -0.506 e. The lowest BCUT2D eigenvalue weighted by Gasteiger charge is -2.11. The molecule has 7 rings (SSSR count). The number of nitrogens with zero attached hydrogens (tertiary/aromatic N) is 6. The van der Waals surface area contributed by atoms with Crippen molar-refractivity contribution in [1.82, 2.24) is 0 Å². The molecule has 0 saturated heterocycles. The number of phenolic OH excluding ortho intramolecular Hbond substituents is 2. The Morgan fingerprint density at radius 3 is 1.73 bits per heavy atom.